The third-order valence-corrected chi connectivity index (χ3v) is 6.14. The molecule has 0 radical (unpaired) electrons. The van der Waals surface area contributed by atoms with Crippen LogP contribution in [0.1, 0.15) is 37.8 Å². The van der Waals surface area contributed by atoms with Crippen LogP contribution >= 0.6 is 0 Å². The van der Waals surface area contributed by atoms with Gasteiger partial charge in [-0.15, -0.1) is 0 Å². The van der Waals surface area contributed by atoms with Crippen molar-refractivity contribution in [3.8, 4) is 0 Å². The van der Waals surface area contributed by atoms with Crippen LogP contribution in [-0.2, 0) is 16.6 Å². The molecule has 1 aliphatic heterocycles. The summed E-state index contributed by atoms with van der Waals surface area (Å²) in [5.74, 6) is 0. The zero-order valence-corrected chi connectivity index (χ0v) is 13.3. The van der Waals surface area contributed by atoms with E-state index in [4.69, 9.17) is 5.73 Å². The van der Waals surface area contributed by atoms with E-state index < -0.39 is 10.0 Å². The molecular weight excluding hydrogens is 272 g/mol. The minimum absolute atomic E-state index is 0.241. The van der Waals surface area contributed by atoms with E-state index in [-0.39, 0.29) is 5.41 Å². The van der Waals surface area contributed by atoms with E-state index in [0.29, 0.717) is 24.5 Å². The molecule has 0 aliphatic carbocycles. The lowest BCUT2D eigenvalue weighted by Gasteiger charge is -2.36. The standard InChI is InChI=1S/C15H24N2O2S/c1-12-10-14(5-4-13(12)11-16)20(18,19)17-8-6-15(2,3)7-9-17/h4-5,10H,6-9,11,16H2,1-3H3. The van der Waals surface area contributed by atoms with Crippen molar-refractivity contribution in [2.75, 3.05) is 13.1 Å². The molecule has 0 saturated carbocycles. The number of aryl methyl sites for hydroxylation is 1. The Morgan fingerprint density at radius 2 is 1.85 bits per heavy atom. The summed E-state index contributed by atoms with van der Waals surface area (Å²) in [6.45, 7) is 7.93. The molecule has 4 nitrogen and oxygen atoms in total. The number of sulfonamides is 1. The smallest absolute Gasteiger partial charge is 0.243 e. The number of rotatable bonds is 3. The van der Waals surface area contributed by atoms with Crippen LogP contribution < -0.4 is 5.73 Å². The van der Waals surface area contributed by atoms with Gasteiger partial charge in [-0.1, -0.05) is 19.9 Å². The van der Waals surface area contributed by atoms with Crippen LogP contribution in [0, 0.1) is 12.3 Å². The first-order valence-corrected chi connectivity index (χ1v) is 8.50. The predicted molar refractivity (Wildman–Crippen MR) is 80.8 cm³/mol. The lowest BCUT2D eigenvalue weighted by Crippen LogP contribution is -2.41. The Bertz CT molecular complexity index is 584. The van der Waals surface area contributed by atoms with Gasteiger partial charge in [0, 0.05) is 19.6 Å². The number of nitrogens with zero attached hydrogens (tertiary/aromatic N) is 1. The first-order chi connectivity index (χ1) is 9.26. The molecule has 20 heavy (non-hydrogen) atoms. The van der Waals surface area contributed by atoms with Crippen molar-refractivity contribution in [1.82, 2.24) is 4.31 Å². The number of nitrogens with two attached hydrogens (primary N) is 1. The Hall–Kier alpha value is -0.910. The fourth-order valence-electron chi connectivity index (χ4n) is 2.54. The average Bonchev–Trinajstić information content (AvgIpc) is 2.38. The van der Waals surface area contributed by atoms with Gasteiger partial charge in [0.1, 0.15) is 0 Å². The third-order valence-electron chi connectivity index (χ3n) is 4.25. The first kappa shape index (κ1) is 15.5. The van der Waals surface area contributed by atoms with Gasteiger partial charge in [-0.05, 0) is 48.4 Å². The fourth-order valence-corrected chi connectivity index (χ4v) is 4.07. The van der Waals surface area contributed by atoms with Crippen molar-refractivity contribution in [1.29, 1.82) is 0 Å². The summed E-state index contributed by atoms with van der Waals surface area (Å²) >= 11 is 0. The van der Waals surface area contributed by atoms with E-state index in [0.717, 1.165) is 24.0 Å². The molecule has 1 heterocycles. The Morgan fingerprint density at radius 1 is 1.25 bits per heavy atom. The minimum atomic E-state index is -3.37. The molecule has 1 aromatic carbocycles. The van der Waals surface area contributed by atoms with E-state index in [1.54, 1.807) is 16.4 Å². The second kappa shape index (κ2) is 5.47. The lowest BCUT2D eigenvalue weighted by molar-refractivity contribution is 0.196. The van der Waals surface area contributed by atoms with Crippen molar-refractivity contribution < 1.29 is 8.42 Å². The molecular formula is C15H24N2O2S. The molecule has 1 aromatic rings. The maximum atomic E-state index is 12.6. The maximum Gasteiger partial charge on any atom is 0.243 e. The Kier molecular flexibility index (Phi) is 4.23. The summed E-state index contributed by atoms with van der Waals surface area (Å²) in [4.78, 5) is 0.381. The highest BCUT2D eigenvalue weighted by atomic mass is 32.2. The van der Waals surface area contributed by atoms with Gasteiger partial charge in [-0.3, -0.25) is 0 Å². The summed E-state index contributed by atoms with van der Waals surface area (Å²) in [5, 5.41) is 0. The van der Waals surface area contributed by atoms with Crippen molar-refractivity contribution in [3.63, 3.8) is 0 Å². The van der Waals surface area contributed by atoms with Crippen LogP contribution in [0.15, 0.2) is 23.1 Å². The van der Waals surface area contributed by atoms with Crippen molar-refractivity contribution in [2.24, 2.45) is 11.1 Å². The summed E-state index contributed by atoms with van der Waals surface area (Å²) in [5.41, 5.74) is 7.79. The average molecular weight is 296 g/mol. The highest BCUT2D eigenvalue weighted by Gasteiger charge is 2.32. The zero-order valence-electron chi connectivity index (χ0n) is 12.5. The van der Waals surface area contributed by atoms with Gasteiger partial charge in [0.15, 0.2) is 0 Å². The molecule has 0 amide bonds. The predicted octanol–water partition coefficient (Wildman–Crippen LogP) is 2.26. The monoisotopic (exact) mass is 296 g/mol. The van der Waals surface area contributed by atoms with Gasteiger partial charge in [-0.2, -0.15) is 4.31 Å². The van der Waals surface area contributed by atoms with Crippen LogP contribution in [0.25, 0.3) is 0 Å². The Morgan fingerprint density at radius 3 is 2.35 bits per heavy atom. The van der Waals surface area contributed by atoms with E-state index in [1.807, 2.05) is 13.0 Å². The molecule has 1 aliphatic rings. The Balaban J connectivity index is 2.25. The minimum Gasteiger partial charge on any atom is -0.326 e. The van der Waals surface area contributed by atoms with Crippen LogP contribution in [-0.4, -0.2) is 25.8 Å². The number of benzene rings is 1. The SMILES string of the molecule is Cc1cc(S(=O)(=O)N2CCC(C)(C)CC2)ccc1CN. The third kappa shape index (κ3) is 3.05. The van der Waals surface area contributed by atoms with Gasteiger partial charge in [-0.25, -0.2) is 8.42 Å². The van der Waals surface area contributed by atoms with Crippen molar-refractivity contribution >= 4 is 10.0 Å². The van der Waals surface area contributed by atoms with Gasteiger partial charge < -0.3 is 5.73 Å². The summed E-state index contributed by atoms with van der Waals surface area (Å²) < 4.78 is 26.9. The van der Waals surface area contributed by atoms with Crippen molar-refractivity contribution in [2.45, 2.75) is 45.1 Å². The molecule has 0 aromatic heterocycles. The molecule has 0 unspecified atom stereocenters. The first-order valence-electron chi connectivity index (χ1n) is 7.06. The zero-order chi connectivity index (χ0) is 15.0. The molecule has 112 valence electrons. The molecule has 0 bridgehead atoms. The fraction of sp³-hybridized carbons (Fsp3) is 0.600. The molecule has 0 atom stereocenters. The van der Waals surface area contributed by atoms with E-state index in [2.05, 4.69) is 13.8 Å². The van der Waals surface area contributed by atoms with Crippen LogP contribution in [0.3, 0.4) is 0 Å². The maximum absolute atomic E-state index is 12.6. The van der Waals surface area contributed by atoms with E-state index in [1.165, 1.54) is 0 Å². The molecule has 2 rings (SSSR count). The lowest BCUT2D eigenvalue weighted by atomic mass is 9.83. The normalized spacial score (nSPS) is 20.0. The molecule has 1 saturated heterocycles. The largest absolute Gasteiger partial charge is 0.326 e. The number of hydrogen-bond donors (Lipinski definition) is 1. The van der Waals surface area contributed by atoms with Crippen LogP contribution in [0.2, 0.25) is 0 Å². The number of piperidine rings is 1. The van der Waals surface area contributed by atoms with E-state index >= 15 is 0 Å². The summed E-state index contributed by atoms with van der Waals surface area (Å²) in [6, 6.07) is 5.22. The van der Waals surface area contributed by atoms with Crippen molar-refractivity contribution in [3.05, 3.63) is 29.3 Å². The second-order valence-corrected chi connectivity index (χ2v) is 8.30. The second-order valence-electron chi connectivity index (χ2n) is 6.36. The highest BCUT2D eigenvalue weighted by Crippen LogP contribution is 2.32. The van der Waals surface area contributed by atoms with Crippen LogP contribution in [0.4, 0.5) is 0 Å². The summed E-state index contributed by atoms with van der Waals surface area (Å²) in [6.07, 6.45) is 1.82. The van der Waals surface area contributed by atoms with Gasteiger partial charge >= 0.3 is 0 Å². The van der Waals surface area contributed by atoms with Gasteiger partial charge in [0.05, 0.1) is 4.90 Å². The van der Waals surface area contributed by atoms with Crippen LogP contribution in [0.5, 0.6) is 0 Å². The summed E-state index contributed by atoms with van der Waals surface area (Å²) in [7, 11) is -3.37. The van der Waals surface area contributed by atoms with Gasteiger partial charge in [0.2, 0.25) is 10.0 Å². The van der Waals surface area contributed by atoms with Gasteiger partial charge in [0.25, 0.3) is 0 Å². The number of hydrogen-bond acceptors (Lipinski definition) is 3. The quantitative estimate of drug-likeness (QED) is 0.930. The Labute approximate surface area is 122 Å². The topological polar surface area (TPSA) is 63.4 Å². The molecule has 0 spiro atoms. The molecule has 2 N–H and O–H groups in total. The highest BCUT2D eigenvalue weighted by molar-refractivity contribution is 7.89. The molecule has 1 fully saturated rings. The van der Waals surface area contributed by atoms with E-state index in [9.17, 15) is 8.42 Å². The molecule has 5 heteroatoms.